The van der Waals surface area contributed by atoms with Gasteiger partial charge in [-0.3, -0.25) is 0 Å². The monoisotopic (exact) mass is 619 g/mol. The van der Waals surface area contributed by atoms with Gasteiger partial charge in [0.05, 0.1) is 22.1 Å². The molecular weight excluding hydrogens is 591 g/mol. The fourth-order valence-corrected chi connectivity index (χ4v) is 10.7. The number of benzene rings is 6. The minimum Gasteiger partial charge on any atom is -0.455 e. The number of hydrogen-bond acceptors (Lipinski definition) is 3. The maximum atomic E-state index is 6.51. The number of nitrogens with zero attached hydrogens (tertiary/aromatic N) is 3. The van der Waals surface area contributed by atoms with E-state index in [2.05, 4.69) is 139 Å². The molecule has 5 heteroatoms. The van der Waals surface area contributed by atoms with Gasteiger partial charge in [0.15, 0.2) is 5.82 Å². The van der Waals surface area contributed by atoms with Gasteiger partial charge in [-0.25, -0.2) is 9.97 Å². The van der Waals surface area contributed by atoms with Crippen LogP contribution in [0.15, 0.2) is 144 Å². The van der Waals surface area contributed by atoms with E-state index in [-0.39, 0.29) is 0 Å². The molecule has 47 heavy (non-hydrogen) atoms. The van der Waals surface area contributed by atoms with E-state index in [4.69, 9.17) is 14.4 Å². The van der Waals surface area contributed by atoms with Gasteiger partial charge in [0, 0.05) is 43.9 Å². The van der Waals surface area contributed by atoms with Crippen molar-refractivity contribution >= 4 is 62.3 Å². The summed E-state index contributed by atoms with van der Waals surface area (Å²) in [6.07, 6.45) is 0. The molecule has 1 aliphatic rings. The predicted molar refractivity (Wildman–Crippen MR) is 197 cm³/mol. The SMILES string of the molecule is C[Si]1(C)c2ccccc2-c2c(-c3ccc(-n4c5ccccc5c5c6oc7ccccc7c6ccc54)cc3)nc(-c3ccccc3)nc21. The molecule has 1 aliphatic heterocycles. The number of furan rings is 1. The lowest BCUT2D eigenvalue weighted by atomic mass is 10.00. The minimum absolute atomic E-state index is 0.786. The Labute approximate surface area is 272 Å². The van der Waals surface area contributed by atoms with Crippen LogP contribution in [0.5, 0.6) is 0 Å². The highest BCUT2D eigenvalue weighted by Gasteiger charge is 2.41. The smallest absolute Gasteiger partial charge is 0.159 e. The van der Waals surface area contributed by atoms with Crippen LogP contribution in [0.4, 0.5) is 0 Å². The lowest BCUT2D eigenvalue weighted by Gasteiger charge is -2.19. The Hall–Kier alpha value is -5.78. The average molecular weight is 620 g/mol. The van der Waals surface area contributed by atoms with E-state index in [0.717, 1.165) is 66.7 Å². The van der Waals surface area contributed by atoms with Crippen LogP contribution in [0.1, 0.15) is 0 Å². The molecule has 0 saturated heterocycles. The van der Waals surface area contributed by atoms with Crippen LogP contribution in [-0.4, -0.2) is 22.6 Å². The molecule has 0 aliphatic carbocycles. The molecule has 222 valence electrons. The molecule has 0 radical (unpaired) electrons. The molecule has 0 N–H and O–H groups in total. The zero-order chi connectivity index (χ0) is 31.3. The van der Waals surface area contributed by atoms with Crippen molar-refractivity contribution in [2.75, 3.05) is 0 Å². The molecule has 4 nitrogen and oxygen atoms in total. The van der Waals surface area contributed by atoms with Crippen LogP contribution < -0.4 is 10.5 Å². The summed E-state index contributed by atoms with van der Waals surface area (Å²) in [6, 6.07) is 49.5. The predicted octanol–water partition coefficient (Wildman–Crippen LogP) is 9.61. The molecular formula is C42H29N3OSi. The molecule has 4 heterocycles. The minimum atomic E-state index is -2.02. The fraction of sp³-hybridized carbons (Fsp3) is 0.0476. The summed E-state index contributed by atoms with van der Waals surface area (Å²) in [5.74, 6) is 0.786. The number of hydrogen-bond donors (Lipinski definition) is 0. The molecule has 0 amide bonds. The van der Waals surface area contributed by atoms with Crippen LogP contribution in [0.2, 0.25) is 13.1 Å². The van der Waals surface area contributed by atoms with Crippen LogP contribution in [0, 0.1) is 0 Å². The van der Waals surface area contributed by atoms with E-state index in [0.29, 0.717) is 0 Å². The molecule has 3 aromatic heterocycles. The second-order valence-corrected chi connectivity index (χ2v) is 17.3. The highest BCUT2D eigenvalue weighted by atomic mass is 28.3. The van der Waals surface area contributed by atoms with Gasteiger partial charge in [-0.05, 0) is 47.1 Å². The largest absolute Gasteiger partial charge is 0.455 e. The second kappa shape index (κ2) is 9.61. The quantitative estimate of drug-likeness (QED) is 0.185. The van der Waals surface area contributed by atoms with Gasteiger partial charge in [-0.15, -0.1) is 0 Å². The molecule has 10 rings (SSSR count). The first-order valence-electron chi connectivity index (χ1n) is 16.1. The number of rotatable bonds is 3. The maximum absolute atomic E-state index is 6.51. The molecule has 0 bridgehead atoms. The van der Waals surface area contributed by atoms with Crippen molar-refractivity contribution in [2.24, 2.45) is 0 Å². The number of fused-ring (bicyclic) bond motifs is 10. The molecule has 0 atom stereocenters. The van der Waals surface area contributed by atoms with Gasteiger partial charge >= 0.3 is 0 Å². The third-order valence-corrected chi connectivity index (χ3v) is 13.3. The Balaban J connectivity index is 1.19. The van der Waals surface area contributed by atoms with E-state index in [9.17, 15) is 0 Å². The van der Waals surface area contributed by atoms with Gasteiger partial charge in [0.2, 0.25) is 0 Å². The van der Waals surface area contributed by atoms with Gasteiger partial charge in [0.25, 0.3) is 0 Å². The van der Waals surface area contributed by atoms with E-state index in [1.807, 2.05) is 18.2 Å². The fourth-order valence-electron chi connectivity index (χ4n) is 7.75. The maximum Gasteiger partial charge on any atom is 0.159 e. The second-order valence-electron chi connectivity index (χ2n) is 13.0. The molecule has 0 fully saturated rings. The van der Waals surface area contributed by atoms with Crippen molar-refractivity contribution in [3.05, 3.63) is 140 Å². The van der Waals surface area contributed by atoms with Crippen molar-refractivity contribution in [1.82, 2.24) is 14.5 Å². The summed E-state index contributed by atoms with van der Waals surface area (Å²) in [4.78, 5) is 10.6. The Morgan fingerprint density at radius 1 is 0.574 bits per heavy atom. The zero-order valence-corrected chi connectivity index (χ0v) is 27.0. The van der Waals surface area contributed by atoms with Crippen LogP contribution in [0.25, 0.3) is 83.2 Å². The Morgan fingerprint density at radius 2 is 1.30 bits per heavy atom. The molecule has 0 spiro atoms. The van der Waals surface area contributed by atoms with Gasteiger partial charge < -0.3 is 8.98 Å². The average Bonchev–Trinajstić information content (AvgIpc) is 3.74. The van der Waals surface area contributed by atoms with E-state index >= 15 is 0 Å². The van der Waals surface area contributed by atoms with Crippen molar-refractivity contribution in [3.63, 3.8) is 0 Å². The summed E-state index contributed by atoms with van der Waals surface area (Å²) in [6.45, 7) is 4.82. The van der Waals surface area contributed by atoms with Gasteiger partial charge in [0.1, 0.15) is 19.2 Å². The summed E-state index contributed by atoms with van der Waals surface area (Å²) in [5, 5.41) is 7.25. The Kier molecular flexibility index (Phi) is 5.41. The van der Waals surface area contributed by atoms with Crippen LogP contribution >= 0.6 is 0 Å². The van der Waals surface area contributed by atoms with Crippen molar-refractivity contribution in [2.45, 2.75) is 13.1 Å². The Bertz CT molecular complexity index is 2700. The van der Waals surface area contributed by atoms with Crippen LogP contribution in [0.3, 0.4) is 0 Å². The summed E-state index contributed by atoms with van der Waals surface area (Å²) >= 11 is 0. The standard InChI is InChI=1S/C42H29N3OSi/c1-47(2)36-19-11-8-16-32(36)38-39(43-41(44-42(38)47)27-12-4-3-5-13-27)26-20-22-28(23-21-26)45-33-17-9-6-15-31(33)37-34(45)25-24-30-29-14-7-10-18-35(29)46-40(30)37/h3-25H,1-2H3. The van der Waals surface area contributed by atoms with Crippen molar-refractivity contribution < 1.29 is 4.42 Å². The third kappa shape index (κ3) is 3.69. The lowest BCUT2D eigenvalue weighted by Crippen LogP contribution is -2.50. The van der Waals surface area contributed by atoms with Crippen molar-refractivity contribution in [1.29, 1.82) is 0 Å². The molecule has 0 saturated carbocycles. The normalized spacial score (nSPS) is 13.5. The third-order valence-electron chi connectivity index (χ3n) is 9.98. The first kappa shape index (κ1) is 26.4. The van der Waals surface area contributed by atoms with E-state index in [1.54, 1.807) is 0 Å². The van der Waals surface area contributed by atoms with Crippen molar-refractivity contribution in [3.8, 4) is 39.5 Å². The number of aromatic nitrogens is 3. The van der Waals surface area contributed by atoms with Gasteiger partial charge in [-0.1, -0.05) is 116 Å². The number of para-hydroxylation sites is 2. The Morgan fingerprint density at radius 3 is 2.15 bits per heavy atom. The van der Waals surface area contributed by atoms with E-state index in [1.165, 1.54) is 27.0 Å². The molecule has 9 aromatic rings. The summed E-state index contributed by atoms with van der Waals surface area (Å²) in [5.41, 5.74) is 10.8. The lowest BCUT2D eigenvalue weighted by molar-refractivity contribution is 0.673. The first-order valence-corrected chi connectivity index (χ1v) is 19.1. The zero-order valence-electron chi connectivity index (χ0n) is 26.0. The highest BCUT2D eigenvalue weighted by Crippen LogP contribution is 2.41. The molecule has 0 unspecified atom stereocenters. The summed E-state index contributed by atoms with van der Waals surface area (Å²) < 4.78 is 8.86. The topological polar surface area (TPSA) is 43.9 Å². The van der Waals surface area contributed by atoms with Gasteiger partial charge in [-0.2, -0.15) is 0 Å². The summed E-state index contributed by atoms with van der Waals surface area (Å²) in [7, 11) is -2.02. The van der Waals surface area contributed by atoms with Crippen LogP contribution in [-0.2, 0) is 0 Å². The molecule has 6 aromatic carbocycles. The van der Waals surface area contributed by atoms with E-state index < -0.39 is 8.07 Å². The highest BCUT2D eigenvalue weighted by molar-refractivity contribution is 7.03. The first-order chi connectivity index (χ1) is 23.1.